The van der Waals surface area contributed by atoms with Crippen LogP contribution < -0.4 is 14.5 Å². The van der Waals surface area contributed by atoms with Crippen molar-refractivity contribution in [2.45, 2.75) is 78.6 Å². The molecule has 0 radical (unpaired) electrons. The number of ether oxygens (including phenoxy) is 1. The third kappa shape index (κ3) is 9.30. The molecule has 13 rings (SSSR count). The van der Waals surface area contributed by atoms with Crippen LogP contribution in [0, 0.1) is 18.8 Å². The van der Waals surface area contributed by atoms with E-state index in [0.29, 0.717) is 11.5 Å². The topological polar surface area (TPSA) is 46.7 Å². The number of para-hydroxylation sites is 3. The predicted molar refractivity (Wildman–Crippen MR) is 324 cm³/mol. The minimum absolute atomic E-state index is 0. The number of anilines is 4. The summed E-state index contributed by atoms with van der Waals surface area (Å²) in [5.74, 6) is 1.88. The van der Waals surface area contributed by atoms with Gasteiger partial charge in [0.2, 0.25) is 0 Å². The van der Waals surface area contributed by atoms with E-state index in [2.05, 4.69) is 284 Å². The number of hydrogen-bond donors (Lipinski definition) is 0. The molecule has 0 saturated heterocycles. The van der Waals surface area contributed by atoms with Crippen molar-refractivity contribution in [1.29, 1.82) is 0 Å². The Morgan fingerprint density at radius 3 is 1.82 bits per heavy atom. The van der Waals surface area contributed by atoms with Crippen molar-refractivity contribution in [2.24, 2.45) is 0 Å². The van der Waals surface area contributed by atoms with Gasteiger partial charge in [0, 0.05) is 67.0 Å². The van der Waals surface area contributed by atoms with Gasteiger partial charge in [-0.2, -0.15) is 6.07 Å². The van der Waals surface area contributed by atoms with Crippen LogP contribution in [-0.2, 0) is 37.3 Å². The van der Waals surface area contributed by atoms with E-state index >= 15 is 0 Å². The molecule has 7 heteroatoms. The maximum Gasteiger partial charge on any atom is 0.136 e. The number of furan rings is 1. The number of hydrogen-bond acceptors (Lipinski definition) is 5. The molecule has 0 fully saturated rings. The third-order valence-electron chi connectivity index (χ3n) is 15.4. The Bertz CT molecular complexity index is 4250. The number of benzene rings is 9. The third-order valence-corrected chi connectivity index (χ3v) is 15.4. The largest absolute Gasteiger partial charge is 0.509 e. The Morgan fingerprint density at radius 2 is 1.13 bits per heavy atom. The first-order valence-electron chi connectivity index (χ1n) is 27.0. The fourth-order valence-electron chi connectivity index (χ4n) is 11.1. The van der Waals surface area contributed by atoms with Crippen molar-refractivity contribution in [3.8, 4) is 50.7 Å². The van der Waals surface area contributed by atoms with Gasteiger partial charge in [-0.05, 0) is 90.7 Å². The molecule has 3 aromatic heterocycles. The Morgan fingerprint density at radius 1 is 0.494 bits per heavy atom. The van der Waals surface area contributed by atoms with E-state index in [1.807, 2.05) is 12.3 Å². The van der Waals surface area contributed by atoms with E-state index in [4.69, 9.17) is 14.1 Å². The van der Waals surface area contributed by atoms with Crippen LogP contribution in [0.4, 0.5) is 22.7 Å². The molecule has 394 valence electrons. The van der Waals surface area contributed by atoms with E-state index in [9.17, 15) is 0 Å². The monoisotopic (exact) mass is 1210 g/mol. The Hall–Kier alpha value is -8.18. The summed E-state index contributed by atoms with van der Waals surface area (Å²) in [5.41, 5.74) is 17.6. The molecule has 79 heavy (non-hydrogen) atoms. The molecule has 4 heterocycles. The van der Waals surface area contributed by atoms with Crippen molar-refractivity contribution in [3.63, 3.8) is 0 Å². The molecule has 0 spiro atoms. The van der Waals surface area contributed by atoms with Crippen molar-refractivity contribution in [2.75, 3.05) is 9.80 Å². The van der Waals surface area contributed by atoms with Gasteiger partial charge in [-0.25, -0.2) is 4.98 Å². The molecule has 0 bridgehead atoms. The van der Waals surface area contributed by atoms with Crippen LogP contribution in [0.5, 0.6) is 11.5 Å². The van der Waals surface area contributed by atoms with Gasteiger partial charge in [0.05, 0.1) is 10.9 Å². The molecule has 12 aromatic rings. The van der Waals surface area contributed by atoms with Crippen LogP contribution in [0.15, 0.2) is 205 Å². The molecule has 0 N–H and O–H groups in total. The second-order valence-corrected chi connectivity index (χ2v) is 23.8. The van der Waals surface area contributed by atoms with Crippen LogP contribution in [0.1, 0.15) is 79.0 Å². The molecular formula is C72H61N4O2Pt-3. The predicted octanol–water partition coefficient (Wildman–Crippen LogP) is 19.8. The minimum atomic E-state index is -0.105. The van der Waals surface area contributed by atoms with Gasteiger partial charge in [-0.1, -0.05) is 213 Å². The average molecular weight is 1210 g/mol. The second-order valence-electron chi connectivity index (χ2n) is 23.8. The second kappa shape index (κ2) is 19.6. The summed E-state index contributed by atoms with van der Waals surface area (Å²) in [4.78, 5) is 9.66. The zero-order valence-corrected chi connectivity index (χ0v) is 48.3. The molecular weight excluding hydrogens is 1150 g/mol. The van der Waals surface area contributed by atoms with E-state index in [1.165, 1.54) is 22.3 Å². The Labute approximate surface area is 478 Å². The van der Waals surface area contributed by atoms with Gasteiger partial charge in [0.1, 0.15) is 17.0 Å². The summed E-state index contributed by atoms with van der Waals surface area (Å²) in [5, 5.41) is 4.21. The van der Waals surface area contributed by atoms with E-state index in [-0.39, 0.29) is 37.3 Å². The van der Waals surface area contributed by atoms with Gasteiger partial charge >= 0.3 is 0 Å². The first-order chi connectivity index (χ1) is 37.5. The summed E-state index contributed by atoms with van der Waals surface area (Å²) in [6, 6.07) is 76.7. The summed E-state index contributed by atoms with van der Waals surface area (Å²) < 4.78 is 16.1. The van der Waals surface area contributed by atoms with Crippen LogP contribution in [0.2, 0.25) is 0 Å². The molecule has 9 aromatic carbocycles. The van der Waals surface area contributed by atoms with Gasteiger partial charge < -0.3 is 23.5 Å². The Balaban J connectivity index is 0.00000623. The molecule has 0 unspecified atom stereocenters. The van der Waals surface area contributed by atoms with Crippen LogP contribution in [0.3, 0.4) is 0 Å². The quantitative estimate of drug-likeness (QED) is 0.142. The minimum Gasteiger partial charge on any atom is -0.509 e. The van der Waals surface area contributed by atoms with Crippen LogP contribution >= 0.6 is 0 Å². The Kier molecular flexibility index (Phi) is 12.8. The van der Waals surface area contributed by atoms with E-state index in [1.54, 1.807) is 0 Å². The fraction of sp³-hybridized carbons (Fsp3) is 0.167. The average Bonchev–Trinajstić information content (AvgIpc) is 3.36. The summed E-state index contributed by atoms with van der Waals surface area (Å²) in [6.45, 7) is 22.8. The molecule has 1 aliphatic rings. The first-order valence-corrected chi connectivity index (χ1v) is 27.0. The summed E-state index contributed by atoms with van der Waals surface area (Å²) >= 11 is 0. The van der Waals surface area contributed by atoms with Gasteiger partial charge in [-0.15, -0.1) is 48.3 Å². The molecule has 0 amide bonds. The van der Waals surface area contributed by atoms with Crippen LogP contribution in [-0.4, -0.2) is 9.55 Å². The SMILES string of the molecule is CC(C)(C)c1cc(-c2cccc(-c3ccccc3)c2N2[CH-]N(c3[c-]c(Oc4[c-]c5c(cc4)c4oc6ccc7ccccc7c6c4n5-c4cc(C(C)(C)C)ccn4)cc(-c4ccccc4)c3)c3ccccc32)cc(C(C)(C)C)c1.[Pt]. The maximum atomic E-state index is 7.05. The van der Waals surface area contributed by atoms with Crippen molar-refractivity contribution in [3.05, 3.63) is 236 Å². The van der Waals surface area contributed by atoms with Crippen LogP contribution in [0.25, 0.3) is 82.9 Å². The molecule has 0 atom stereocenters. The van der Waals surface area contributed by atoms with Gasteiger partial charge in [-0.3, -0.25) is 0 Å². The normalized spacial score (nSPS) is 12.9. The zero-order chi connectivity index (χ0) is 53.7. The maximum absolute atomic E-state index is 7.05. The van der Waals surface area contributed by atoms with Gasteiger partial charge in [0.25, 0.3) is 0 Å². The molecule has 0 saturated carbocycles. The van der Waals surface area contributed by atoms with Crippen molar-refractivity contribution >= 4 is 66.5 Å². The number of aromatic nitrogens is 2. The number of rotatable bonds is 8. The standard InChI is InChI=1S/C72H61N4O2.Pt/c1-70(2,3)51-35-36-73-65(42-51)76-63-44-55(32-33-60(63)69-68(76)66-57-26-17-16-25-48(57)31-34-64(66)78-69)77-56-40-49(46-21-12-10-13-22-46)39-54(43-56)74-45-75(62-30-19-18-29-61(62)74)67-58(47-23-14-11-15-24-47)27-20-28-59(67)50-37-52(71(4,5)6)41-53(38-50)72(7,8)9;/h10-42,45H,1-9H3;/q-3;. The summed E-state index contributed by atoms with van der Waals surface area (Å²) in [7, 11) is 0. The van der Waals surface area contributed by atoms with E-state index < -0.39 is 0 Å². The smallest absolute Gasteiger partial charge is 0.136 e. The molecule has 1 aliphatic heterocycles. The van der Waals surface area contributed by atoms with E-state index in [0.717, 1.165) is 100 Å². The van der Waals surface area contributed by atoms with Crippen molar-refractivity contribution in [1.82, 2.24) is 9.55 Å². The number of nitrogens with zero attached hydrogens (tertiary/aromatic N) is 4. The molecule has 6 nitrogen and oxygen atoms in total. The molecule has 0 aliphatic carbocycles. The summed E-state index contributed by atoms with van der Waals surface area (Å²) in [6.07, 6.45) is 1.91. The number of pyridine rings is 1. The fourth-order valence-corrected chi connectivity index (χ4v) is 11.1. The first kappa shape index (κ1) is 51.6. The van der Waals surface area contributed by atoms with Gasteiger partial charge in [0.15, 0.2) is 0 Å². The number of fused-ring (bicyclic) bond motifs is 8. The zero-order valence-electron chi connectivity index (χ0n) is 46.1. The van der Waals surface area contributed by atoms with Crippen molar-refractivity contribution < 1.29 is 30.2 Å².